The predicted molar refractivity (Wildman–Crippen MR) is 70.2 cm³/mol. The second-order valence-electron chi connectivity index (χ2n) is 3.83. The molecule has 2 nitrogen and oxygen atoms in total. The molecule has 0 aromatic heterocycles. The first-order valence-corrected chi connectivity index (χ1v) is 5.82. The number of carbonyl (C=O) groups is 1. The molecule has 0 bridgehead atoms. The van der Waals surface area contributed by atoms with Crippen LogP contribution in [-0.2, 0) is 11.2 Å². The summed E-state index contributed by atoms with van der Waals surface area (Å²) in [5.74, 6) is -0.652. The van der Waals surface area contributed by atoms with Gasteiger partial charge in [-0.1, -0.05) is 35.9 Å². The summed E-state index contributed by atoms with van der Waals surface area (Å²) in [5.41, 5.74) is 0.973. The number of hydrogen-bond acceptors (Lipinski definition) is 1. The largest absolute Gasteiger partial charge is 0.326 e. The van der Waals surface area contributed by atoms with E-state index in [0.717, 1.165) is 0 Å². The van der Waals surface area contributed by atoms with E-state index in [1.165, 1.54) is 6.07 Å². The summed E-state index contributed by atoms with van der Waals surface area (Å²) >= 11 is 5.80. The molecule has 0 fully saturated rings. The highest BCUT2D eigenvalue weighted by molar-refractivity contribution is 6.30. The number of amides is 1. The zero-order chi connectivity index (χ0) is 13.0. The van der Waals surface area contributed by atoms with Gasteiger partial charge in [-0.05, 0) is 29.8 Å². The molecule has 18 heavy (non-hydrogen) atoms. The van der Waals surface area contributed by atoms with Gasteiger partial charge in [0.15, 0.2) is 0 Å². The molecule has 4 heteroatoms. The van der Waals surface area contributed by atoms with E-state index >= 15 is 0 Å². The van der Waals surface area contributed by atoms with Gasteiger partial charge in [0.05, 0.1) is 6.42 Å². The van der Waals surface area contributed by atoms with E-state index in [1.807, 2.05) is 0 Å². The molecule has 0 atom stereocenters. The van der Waals surface area contributed by atoms with Gasteiger partial charge in [-0.3, -0.25) is 4.79 Å². The lowest BCUT2D eigenvalue weighted by Crippen LogP contribution is -2.15. The van der Waals surface area contributed by atoms with Crippen LogP contribution in [0.15, 0.2) is 48.5 Å². The Kier molecular flexibility index (Phi) is 3.95. The van der Waals surface area contributed by atoms with Crippen LogP contribution in [0.5, 0.6) is 0 Å². The summed E-state index contributed by atoms with van der Waals surface area (Å²) in [6.45, 7) is 0. The van der Waals surface area contributed by atoms with Crippen molar-refractivity contribution in [3.63, 3.8) is 0 Å². The van der Waals surface area contributed by atoms with Crippen molar-refractivity contribution in [2.75, 3.05) is 5.32 Å². The molecule has 0 radical (unpaired) electrons. The van der Waals surface area contributed by atoms with Crippen molar-refractivity contribution in [2.24, 2.45) is 0 Å². The fourth-order valence-corrected chi connectivity index (χ4v) is 1.78. The first-order valence-electron chi connectivity index (χ1n) is 5.44. The topological polar surface area (TPSA) is 29.1 Å². The Balaban J connectivity index is 2.03. The second kappa shape index (κ2) is 5.65. The van der Waals surface area contributed by atoms with Gasteiger partial charge < -0.3 is 5.32 Å². The molecule has 0 unspecified atom stereocenters. The summed E-state index contributed by atoms with van der Waals surface area (Å²) in [5, 5.41) is 3.21. The van der Waals surface area contributed by atoms with Gasteiger partial charge in [0.2, 0.25) is 5.91 Å². The minimum atomic E-state index is -0.376. The molecule has 0 aliphatic rings. The average molecular weight is 264 g/mol. The lowest BCUT2D eigenvalue weighted by molar-refractivity contribution is -0.115. The van der Waals surface area contributed by atoms with E-state index in [-0.39, 0.29) is 18.1 Å². The maximum atomic E-state index is 13.4. The molecule has 2 aromatic carbocycles. The van der Waals surface area contributed by atoms with Crippen LogP contribution < -0.4 is 5.32 Å². The Morgan fingerprint density at radius 3 is 2.67 bits per heavy atom. The third-order valence-electron chi connectivity index (χ3n) is 2.42. The molecule has 0 aliphatic heterocycles. The monoisotopic (exact) mass is 263 g/mol. The van der Waals surface area contributed by atoms with Crippen LogP contribution in [0.1, 0.15) is 5.56 Å². The summed E-state index contributed by atoms with van der Waals surface area (Å²) in [4.78, 5) is 11.7. The van der Waals surface area contributed by atoms with Gasteiger partial charge in [0.1, 0.15) is 5.82 Å². The highest BCUT2D eigenvalue weighted by Crippen LogP contribution is 2.15. The first kappa shape index (κ1) is 12.6. The van der Waals surface area contributed by atoms with Gasteiger partial charge in [0.25, 0.3) is 0 Å². The van der Waals surface area contributed by atoms with Gasteiger partial charge in [-0.15, -0.1) is 0 Å². The van der Waals surface area contributed by atoms with E-state index in [0.29, 0.717) is 16.3 Å². The molecule has 1 N–H and O–H groups in total. The smallest absolute Gasteiger partial charge is 0.228 e. The maximum absolute atomic E-state index is 13.4. The van der Waals surface area contributed by atoms with Gasteiger partial charge in [0, 0.05) is 10.7 Å². The van der Waals surface area contributed by atoms with Gasteiger partial charge >= 0.3 is 0 Å². The Hall–Kier alpha value is -1.87. The van der Waals surface area contributed by atoms with Gasteiger partial charge in [-0.2, -0.15) is 0 Å². The Morgan fingerprint density at radius 2 is 1.94 bits per heavy atom. The molecule has 0 heterocycles. The molecule has 0 aliphatic carbocycles. The molecule has 0 saturated heterocycles. The number of halogens is 2. The van der Waals surface area contributed by atoms with Crippen LogP contribution >= 0.6 is 11.6 Å². The summed E-state index contributed by atoms with van der Waals surface area (Å²) < 4.78 is 13.4. The number of nitrogens with one attached hydrogen (secondary N) is 1. The lowest BCUT2D eigenvalue weighted by Gasteiger charge is -2.06. The summed E-state index contributed by atoms with van der Waals surface area (Å²) in [6.07, 6.45) is -0.000807. The van der Waals surface area contributed by atoms with Crippen LogP contribution in [0.25, 0.3) is 0 Å². The summed E-state index contributed by atoms with van der Waals surface area (Å²) in [7, 11) is 0. The van der Waals surface area contributed by atoms with Crippen molar-refractivity contribution in [3.8, 4) is 0 Å². The Morgan fingerprint density at radius 1 is 1.17 bits per heavy atom. The fraction of sp³-hybridized carbons (Fsp3) is 0.0714. The van der Waals surface area contributed by atoms with Crippen LogP contribution in [-0.4, -0.2) is 5.91 Å². The Bertz CT molecular complexity index is 571. The fourth-order valence-electron chi connectivity index (χ4n) is 1.59. The van der Waals surface area contributed by atoms with Crippen molar-refractivity contribution in [1.82, 2.24) is 0 Å². The SMILES string of the molecule is O=C(Cc1ccccc1F)Nc1cccc(Cl)c1. The van der Waals surface area contributed by atoms with E-state index in [9.17, 15) is 9.18 Å². The van der Waals surface area contributed by atoms with Crippen LogP contribution in [0.2, 0.25) is 5.02 Å². The quantitative estimate of drug-likeness (QED) is 0.900. The molecular weight excluding hydrogens is 253 g/mol. The first-order chi connectivity index (χ1) is 8.65. The lowest BCUT2D eigenvalue weighted by atomic mass is 10.1. The third kappa shape index (κ3) is 3.31. The minimum Gasteiger partial charge on any atom is -0.326 e. The number of anilines is 1. The van der Waals surface area contributed by atoms with Crippen molar-refractivity contribution in [3.05, 3.63) is 64.9 Å². The third-order valence-corrected chi connectivity index (χ3v) is 2.65. The van der Waals surface area contributed by atoms with Crippen LogP contribution in [0, 0.1) is 5.82 Å². The van der Waals surface area contributed by atoms with Crippen LogP contribution in [0.4, 0.5) is 10.1 Å². The zero-order valence-corrected chi connectivity index (χ0v) is 10.2. The highest BCUT2D eigenvalue weighted by atomic mass is 35.5. The summed E-state index contributed by atoms with van der Waals surface area (Å²) in [6, 6.07) is 13.0. The van der Waals surface area contributed by atoms with E-state index in [1.54, 1.807) is 42.5 Å². The van der Waals surface area contributed by atoms with Gasteiger partial charge in [-0.25, -0.2) is 4.39 Å². The van der Waals surface area contributed by atoms with Crippen LogP contribution in [0.3, 0.4) is 0 Å². The van der Waals surface area contributed by atoms with E-state index in [2.05, 4.69) is 5.32 Å². The number of rotatable bonds is 3. The van der Waals surface area contributed by atoms with E-state index in [4.69, 9.17) is 11.6 Å². The normalized spacial score (nSPS) is 10.1. The molecular formula is C14H11ClFNO. The van der Waals surface area contributed by atoms with Crippen molar-refractivity contribution in [1.29, 1.82) is 0 Å². The zero-order valence-electron chi connectivity index (χ0n) is 9.49. The van der Waals surface area contributed by atoms with E-state index < -0.39 is 0 Å². The van der Waals surface area contributed by atoms with Crippen molar-refractivity contribution in [2.45, 2.75) is 6.42 Å². The number of hydrogen-bond donors (Lipinski definition) is 1. The minimum absolute atomic E-state index is 0.000807. The second-order valence-corrected chi connectivity index (χ2v) is 4.26. The number of benzene rings is 2. The number of carbonyl (C=O) groups excluding carboxylic acids is 1. The molecule has 0 spiro atoms. The van der Waals surface area contributed by atoms with Crippen molar-refractivity contribution < 1.29 is 9.18 Å². The molecule has 0 saturated carbocycles. The Labute approximate surface area is 109 Å². The standard InChI is InChI=1S/C14H11ClFNO/c15-11-5-3-6-12(9-11)17-14(18)8-10-4-1-2-7-13(10)16/h1-7,9H,8H2,(H,17,18). The average Bonchev–Trinajstić information content (AvgIpc) is 2.32. The molecule has 2 aromatic rings. The molecule has 2 rings (SSSR count). The highest BCUT2D eigenvalue weighted by Gasteiger charge is 2.07. The molecule has 92 valence electrons. The predicted octanol–water partition coefficient (Wildman–Crippen LogP) is 3.66. The molecule has 1 amide bonds. The van der Waals surface area contributed by atoms with Crippen molar-refractivity contribution >= 4 is 23.2 Å². The maximum Gasteiger partial charge on any atom is 0.228 e.